The van der Waals surface area contributed by atoms with Gasteiger partial charge in [-0.25, -0.2) is 0 Å². The summed E-state index contributed by atoms with van der Waals surface area (Å²) in [5.41, 5.74) is 0.547. The fourth-order valence-electron chi connectivity index (χ4n) is 1.68. The lowest BCUT2D eigenvalue weighted by molar-refractivity contribution is -0.121. The van der Waals surface area contributed by atoms with E-state index in [0.717, 1.165) is 11.3 Å². The smallest absolute Gasteiger partial charge is 0.255 e. The van der Waals surface area contributed by atoms with Gasteiger partial charge in [-0.15, -0.1) is 11.3 Å². The summed E-state index contributed by atoms with van der Waals surface area (Å²) >= 11 is 1.39. The van der Waals surface area contributed by atoms with Crippen LogP contribution in [0.15, 0.2) is 11.4 Å². The minimum atomic E-state index is -0.185. The van der Waals surface area contributed by atoms with Crippen molar-refractivity contribution >= 4 is 23.2 Å². The van der Waals surface area contributed by atoms with E-state index in [0.29, 0.717) is 18.5 Å². The third kappa shape index (κ3) is 5.58. The minimum Gasteiger partial charge on any atom is -0.395 e. The number of hydrogen-bond acceptors (Lipinski definition) is 4. The van der Waals surface area contributed by atoms with Crippen molar-refractivity contribution in [2.45, 2.75) is 19.8 Å². The predicted molar refractivity (Wildman–Crippen MR) is 83.2 cm³/mol. The Morgan fingerprint density at radius 2 is 2.24 bits per heavy atom. The first-order valence-electron chi connectivity index (χ1n) is 6.80. The van der Waals surface area contributed by atoms with Gasteiger partial charge in [-0.1, -0.05) is 18.8 Å². The number of hydrogen-bond donors (Lipinski definition) is 2. The summed E-state index contributed by atoms with van der Waals surface area (Å²) in [4.78, 5) is 26.2. The lowest BCUT2D eigenvalue weighted by Gasteiger charge is -2.20. The van der Waals surface area contributed by atoms with Crippen LogP contribution >= 0.6 is 11.3 Å². The number of thiophene rings is 1. The van der Waals surface area contributed by atoms with Gasteiger partial charge < -0.3 is 15.3 Å². The molecule has 0 aromatic carbocycles. The molecule has 114 valence electrons. The van der Waals surface area contributed by atoms with Crippen LogP contribution in [0.2, 0.25) is 0 Å². The molecule has 0 aliphatic heterocycles. The molecular weight excluding hydrogens is 288 g/mol. The summed E-state index contributed by atoms with van der Waals surface area (Å²) in [6, 6.07) is 1.73. The molecule has 0 aliphatic rings. The molecule has 0 bridgehead atoms. The zero-order chi connectivity index (χ0) is 15.7. The Kier molecular flexibility index (Phi) is 7.51. The first kappa shape index (κ1) is 17.2. The number of carbonyl (C=O) groups excluding carboxylic acids is 2. The van der Waals surface area contributed by atoms with Gasteiger partial charge in [0.2, 0.25) is 5.91 Å². The van der Waals surface area contributed by atoms with Crippen molar-refractivity contribution in [1.82, 2.24) is 10.2 Å². The van der Waals surface area contributed by atoms with E-state index in [9.17, 15) is 9.59 Å². The maximum absolute atomic E-state index is 12.4. The molecule has 2 amide bonds. The van der Waals surface area contributed by atoms with Crippen LogP contribution in [0.3, 0.4) is 0 Å². The van der Waals surface area contributed by atoms with Crippen LogP contribution in [-0.4, -0.2) is 48.6 Å². The number of carbonyl (C=O) groups is 2. The Morgan fingerprint density at radius 3 is 2.86 bits per heavy atom. The lowest BCUT2D eigenvalue weighted by atomic mass is 10.2. The summed E-state index contributed by atoms with van der Waals surface area (Å²) in [6.45, 7) is 2.59. The van der Waals surface area contributed by atoms with Crippen LogP contribution in [0.5, 0.6) is 0 Å². The maximum atomic E-state index is 12.4. The van der Waals surface area contributed by atoms with Gasteiger partial charge in [0.05, 0.1) is 23.6 Å². The molecule has 1 heterocycles. The zero-order valence-electron chi connectivity index (χ0n) is 12.3. The molecule has 0 saturated heterocycles. The molecule has 0 fully saturated rings. The van der Waals surface area contributed by atoms with Crippen LogP contribution in [0.1, 0.15) is 35.0 Å². The van der Waals surface area contributed by atoms with Crippen molar-refractivity contribution in [1.29, 1.82) is 0 Å². The average molecular weight is 308 g/mol. The quantitative estimate of drug-likeness (QED) is 0.773. The van der Waals surface area contributed by atoms with Gasteiger partial charge in [-0.3, -0.25) is 9.59 Å². The van der Waals surface area contributed by atoms with Crippen LogP contribution in [0.4, 0.5) is 0 Å². The summed E-state index contributed by atoms with van der Waals surface area (Å²) < 4.78 is 0. The molecular formula is C15H20N2O3S. The van der Waals surface area contributed by atoms with E-state index in [-0.39, 0.29) is 25.0 Å². The normalized spacial score (nSPS) is 9.67. The standard InChI is InChI=1S/C15H20N2O3S/c1-3-7-17(10-14(19)16-2)15(20)12-9-13(21-11-12)6-4-5-8-18/h9,11,18H,3,5,7-8,10H2,1-2H3,(H,16,19). The Morgan fingerprint density at radius 1 is 1.48 bits per heavy atom. The summed E-state index contributed by atoms with van der Waals surface area (Å²) in [5, 5.41) is 13.0. The molecule has 0 unspecified atom stereocenters. The van der Waals surface area contributed by atoms with Crippen molar-refractivity contribution in [3.8, 4) is 11.8 Å². The van der Waals surface area contributed by atoms with E-state index in [4.69, 9.17) is 5.11 Å². The third-order valence-corrected chi connectivity index (χ3v) is 3.53. The molecule has 2 N–H and O–H groups in total. The van der Waals surface area contributed by atoms with Gasteiger partial charge >= 0.3 is 0 Å². The monoisotopic (exact) mass is 308 g/mol. The van der Waals surface area contributed by atoms with Crippen LogP contribution in [0, 0.1) is 11.8 Å². The molecule has 5 nitrogen and oxygen atoms in total. The van der Waals surface area contributed by atoms with Gasteiger partial charge in [0.1, 0.15) is 0 Å². The number of aliphatic hydroxyl groups excluding tert-OH is 1. The van der Waals surface area contributed by atoms with Gasteiger partial charge in [-0.2, -0.15) is 0 Å². The SMILES string of the molecule is CCCN(CC(=O)NC)C(=O)c1csc(C#CCCO)c1. The second-order valence-electron chi connectivity index (χ2n) is 4.37. The first-order chi connectivity index (χ1) is 10.1. The van der Waals surface area contributed by atoms with Crippen LogP contribution in [0.25, 0.3) is 0 Å². The summed E-state index contributed by atoms with van der Waals surface area (Å²) in [5.74, 6) is 5.38. The fraction of sp³-hybridized carbons (Fsp3) is 0.467. The highest BCUT2D eigenvalue weighted by molar-refractivity contribution is 7.10. The third-order valence-electron chi connectivity index (χ3n) is 2.69. The van der Waals surface area contributed by atoms with Crippen molar-refractivity contribution in [2.24, 2.45) is 0 Å². The molecule has 0 spiro atoms. The lowest BCUT2D eigenvalue weighted by Crippen LogP contribution is -2.39. The van der Waals surface area contributed by atoms with Gasteiger partial charge in [0.15, 0.2) is 0 Å². The average Bonchev–Trinajstić information content (AvgIpc) is 2.95. The highest BCUT2D eigenvalue weighted by Crippen LogP contribution is 2.16. The Labute approximate surface area is 129 Å². The molecule has 1 aromatic rings. The topological polar surface area (TPSA) is 69.6 Å². The highest BCUT2D eigenvalue weighted by Gasteiger charge is 2.18. The molecule has 0 saturated carbocycles. The van der Waals surface area contributed by atoms with E-state index in [1.54, 1.807) is 18.5 Å². The van der Waals surface area contributed by atoms with Gasteiger partial charge in [0.25, 0.3) is 5.91 Å². The van der Waals surface area contributed by atoms with Crippen molar-refractivity contribution < 1.29 is 14.7 Å². The predicted octanol–water partition coefficient (Wildman–Crippen LogP) is 1.08. The number of likely N-dealkylation sites (N-methyl/N-ethyl adjacent to an activating group) is 1. The summed E-state index contributed by atoms with van der Waals surface area (Å²) in [7, 11) is 1.55. The first-order valence-corrected chi connectivity index (χ1v) is 7.68. The number of nitrogens with zero attached hydrogens (tertiary/aromatic N) is 1. The van der Waals surface area contributed by atoms with Crippen LogP contribution < -0.4 is 5.32 Å². The molecule has 6 heteroatoms. The van der Waals surface area contributed by atoms with E-state index in [2.05, 4.69) is 17.2 Å². The Balaban J connectivity index is 2.79. The fourth-order valence-corrected chi connectivity index (χ4v) is 2.43. The van der Waals surface area contributed by atoms with Crippen molar-refractivity contribution in [3.05, 3.63) is 21.9 Å². The van der Waals surface area contributed by atoms with E-state index >= 15 is 0 Å². The number of rotatable bonds is 6. The van der Waals surface area contributed by atoms with Gasteiger partial charge in [0, 0.05) is 25.4 Å². The van der Waals surface area contributed by atoms with Crippen LogP contribution in [-0.2, 0) is 4.79 Å². The zero-order valence-corrected chi connectivity index (χ0v) is 13.1. The largest absolute Gasteiger partial charge is 0.395 e. The second-order valence-corrected chi connectivity index (χ2v) is 5.29. The van der Waals surface area contributed by atoms with E-state index < -0.39 is 0 Å². The minimum absolute atomic E-state index is 0.0283. The highest BCUT2D eigenvalue weighted by atomic mass is 32.1. The second kappa shape index (κ2) is 9.16. The van der Waals surface area contributed by atoms with Gasteiger partial charge in [-0.05, 0) is 12.5 Å². The van der Waals surface area contributed by atoms with Crippen molar-refractivity contribution in [3.63, 3.8) is 0 Å². The van der Waals surface area contributed by atoms with Crippen molar-refractivity contribution in [2.75, 3.05) is 26.7 Å². The number of amides is 2. The molecule has 1 aromatic heterocycles. The molecule has 21 heavy (non-hydrogen) atoms. The molecule has 0 radical (unpaired) electrons. The van der Waals surface area contributed by atoms with E-state index in [1.165, 1.54) is 16.2 Å². The number of nitrogens with one attached hydrogen (secondary N) is 1. The van der Waals surface area contributed by atoms with E-state index in [1.807, 2.05) is 6.92 Å². The molecule has 1 rings (SSSR count). The number of aliphatic hydroxyl groups is 1. The Hall–Kier alpha value is -1.84. The maximum Gasteiger partial charge on any atom is 0.255 e. The Bertz CT molecular complexity index is 543. The molecule has 0 atom stereocenters. The summed E-state index contributed by atoms with van der Waals surface area (Å²) in [6.07, 6.45) is 1.20. The molecule has 0 aliphatic carbocycles.